The fourth-order valence-corrected chi connectivity index (χ4v) is 3.40. The van der Waals surface area contributed by atoms with Gasteiger partial charge in [-0.15, -0.1) is 0 Å². The quantitative estimate of drug-likeness (QED) is 0.563. The van der Waals surface area contributed by atoms with E-state index in [1.54, 1.807) is 29.2 Å². The van der Waals surface area contributed by atoms with E-state index in [9.17, 15) is 19.2 Å². The van der Waals surface area contributed by atoms with Gasteiger partial charge in [0.1, 0.15) is 0 Å². The van der Waals surface area contributed by atoms with Crippen LogP contribution in [-0.4, -0.2) is 75.9 Å². The molecule has 9 heteroatoms. The summed E-state index contributed by atoms with van der Waals surface area (Å²) >= 11 is 11.1. The molecule has 0 spiro atoms. The lowest BCUT2D eigenvalue weighted by molar-refractivity contribution is -0.138. The zero-order valence-electron chi connectivity index (χ0n) is 13.9. The predicted octanol–water partition coefficient (Wildman–Crippen LogP) is 1.15. The van der Waals surface area contributed by atoms with E-state index in [-0.39, 0.29) is 36.6 Å². The Kier molecular flexibility index (Phi) is 5.48. The van der Waals surface area contributed by atoms with Gasteiger partial charge in [-0.05, 0) is 12.1 Å². The van der Waals surface area contributed by atoms with Gasteiger partial charge < -0.3 is 9.80 Å². The Hall–Kier alpha value is -2.12. The lowest BCUT2D eigenvalue weighted by Gasteiger charge is -2.35. The highest BCUT2D eigenvalue weighted by Crippen LogP contribution is 2.22. The molecule has 0 bridgehead atoms. The number of nitrogens with zero attached hydrogens (tertiary/aromatic N) is 3. The van der Waals surface area contributed by atoms with Gasteiger partial charge in [-0.3, -0.25) is 24.1 Å². The molecule has 1 fully saturated rings. The van der Waals surface area contributed by atoms with Gasteiger partial charge in [0.15, 0.2) is 4.84 Å². The maximum atomic E-state index is 12.4. The summed E-state index contributed by atoms with van der Waals surface area (Å²) in [5.74, 6) is -1.28. The molecule has 2 aliphatic rings. The molecule has 1 saturated heterocycles. The third-order valence-corrected chi connectivity index (χ3v) is 4.93. The van der Waals surface area contributed by atoms with Crippen molar-refractivity contribution in [2.24, 2.45) is 0 Å². The highest BCUT2D eigenvalue weighted by molar-refractivity contribution is 6.53. The Balaban J connectivity index is 1.52. The summed E-state index contributed by atoms with van der Waals surface area (Å²) < 4.78 is 0. The number of fused-ring (bicyclic) bond motifs is 1. The molecule has 7 nitrogen and oxygen atoms in total. The van der Waals surface area contributed by atoms with E-state index in [4.69, 9.17) is 23.2 Å². The lowest BCUT2D eigenvalue weighted by atomic mass is 10.1. The lowest BCUT2D eigenvalue weighted by Crippen LogP contribution is -2.52. The molecule has 0 atom stereocenters. The minimum absolute atomic E-state index is 0.0375. The molecule has 0 radical (unpaired) electrons. The zero-order chi connectivity index (χ0) is 18.8. The number of hydrogen-bond donors (Lipinski definition) is 0. The van der Waals surface area contributed by atoms with E-state index in [1.807, 2.05) is 0 Å². The molecule has 2 aliphatic heterocycles. The zero-order valence-corrected chi connectivity index (χ0v) is 15.4. The van der Waals surface area contributed by atoms with E-state index in [1.165, 1.54) is 4.90 Å². The van der Waals surface area contributed by atoms with Crippen molar-refractivity contribution >= 4 is 46.8 Å². The molecule has 0 aromatic heterocycles. The Bertz CT molecular complexity index is 725. The largest absolute Gasteiger partial charge is 0.339 e. The van der Waals surface area contributed by atoms with Gasteiger partial charge in [0.05, 0.1) is 11.1 Å². The summed E-state index contributed by atoms with van der Waals surface area (Å²) in [7, 11) is 0. The number of halogens is 2. The molecule has 2 heterocycles. The van der Waals surface area contributed by atoms with Crippen molar-refractivity contribution in [3.8, 4) is 0 Å². The molecule has 26 heavy (non-hydrogen) atoms. The van der Waals surface area contributed by atoms with Crippen LogP contribution < -0.4 is 0 Å². The molecule has 0 saturated carbocycles. The average Bonchev–Trinajstić information content (AvgIpc) is 2.90. The first-order chi connectivity index (χ1) is 12.4. The Labute approximate surface area is 160 Å². The van der Waals surface area contributed by atoms with Crippen molar-refractivity contribution in [3.05, 3.63) is 35.4 Å². The molecule has 0 unspecified atom stereocenters. The predicted molar refractivity (Wildman–Crippen MR) is 95.1 cm³/mol. The third-order valence-electron chi connectivity index (χ3n) is 4.56. The SMILES string of the molecule is O=C(CCN1C(=O)c2ccccc2C1=O)N1CCN(C(=O)C(Cl)Cl)CC1. The van der Waals surface area contributed by atoms with Gasteiger partial charge >= 0.3 is 0 Å². The fraction of sp³-hybridized carbons (Fsp3) is 0.412. The van der Waals surface area contributed by atoms with Crippen molar-refractivity contribution in [3.63, 3.8) is 0 Å². The van der Waals surface area contributed by atoms with Crippen LogP contribution in [0.4, 0.5) is 0 Å². The molecule has 1 aromatic rings. The number of carbonyl (C=O) groups is 4. The van der Waals surface area contributed by atoms with E-state index in [0.29, 0.717) is 37.3 Å². The first kappa shape index (κ1) is 18.7. The molecule has 3 rings (SSSR count). The Morgan fingerprint density at radius 3 is 1.92 bits per heavy atom. The monoisotopic (exact) mass is 397 g/mol. The molecule has 138 valence electrons. The van der Waals surface area contributed by atoms with Crippen LogP contribution in [0.3, 0.4) is 0 Å². The van der Waals surface area contributed by atoms with Gasteiger partial charge in [0, 0.05) is 39.1 Å². The third kappa shape index (κ3) is 3.54. The molecule has 1 aromatic carbocycles. The van der Waals surface area contributed by atoms with Crippen molar-refractivity contribution in [2.75, 3.05) is 32.7 Å². The number of amides is 4. The van der Waals surface area contributed by atoms with E-state index >= 15 is 0 Å². The Morgan fingerprint density at radius 1 is 0.923 bits per heavy atom. The van der Waals surface area contributed by atoms with Gasteiger partial charge in [0.25, 0.3) is 17.7 Å². The summed E-state index contributed by atoms with van der Waals surface area (Å²) in [6.07, 6.45) is 0.0487. The summed E-state index contributed by atoms with van der Waals surface area (Å²) in [5, 5.41) is 0. The maximum Gasteiger partial charge on any atom is 0.261 e. The van der Waals surface area contributed by atoms with Crippen LogP contribution in [0.5, 0.6) is 0 Å². The normalized spacial score (nSPS) is 17.1. The maximum absolute atomic E-state index is 12.4. The first-order valence-corrected chi connectivity index (χ1v) is 9.07. The van der Waals surface area contributed by atoms with Crippen molar-refractivity contribution < 1.29 is 19.2 Å². The van der Waals surface area contributed by atoms with E-state index in [2.05, 4.69) is 0 Å². The Morgan fingerprint density at radius 2 is 1.42 bits per heavy atom. The van der Waals surface area contributed by atoms with Gasteiger partial charge in [-0.2, -0.15) is 0 Å². The minimum atomic E-state index is -1.11. The molecule has 0 aliphatic carbocycles. The molecule has 0 N–H and O–H groups in total. The van der Waals surface area contributed by atoms with Crippen LogP contribution in [0.15, 0.2) is 24.3 Å². The van der Waals surface area contributed by atoms with Crippen molar-refractivity contribution in [1.82, 2.24) is 14.7 Å². The van der Waals surface area contributed by atoms with Gasteiger partial charge in [0.2, 0.25) is 5.91 Å². The smallest absolute Gasteiger partial charge is 0.261 e. The van der Waals surface area contributed by atoms with Crippen LogP contribution >= 0.6 is 23.2 Å². The first-order valence-electron chi connectivity index (χ1n) is 8.20. The van der Waals surface area contributed by atoms with Crippen LogP contribution in [0.1, 0.15) is 27.1 Å². The standard InChI is InChI=1S/C17H17Cl2N3O4/c18-14(19)17(26)21-9-7-20(8-10-21)13(23)5-6-22-15(24)11-3-1-2-4-12(11)16(22)25/h1-4,14H,5-10H2. The number of benzene rings is 1. The number of piperazine rings is 1. The minimum Gasteiger partial charge on any atom is -0.339 e. The number of rotatable bonds is 4. The molecular formula is C17H17Cl2N3O4. The summed E-state index contributed by atoms with van der Waals surface area (Å²) in [6.45, 7) is 1.48. The number of hydrogen-bond acceptors (Lipinski definition) is 4. The van der Waals surface area contributed by atoms with Gasteiger partial charge in [-0.1, -0.05) is 35.3 Å². The van der Waals surface area contributed by atoms with Crippen LogP contribution in [0, 0.1) is 0 Å². The second-order valence-electron chi connectivity index (χ2n) is 6.06. The average molecular weight is 398 g/mol. The highest BCUT2D eigenvalue weighted by atomic mass is 35.5. The van der Waals surface area contributed by atoms with E-state index in [0.717, 1.165) is 4.90 Å². The fourth-order valence-electron chi connectivity index (χ4n) is 3.12. The van der Waals surface area contributed by atoms with Crippen LogP contribution in [0.25, 0.3) is 0 Å². The summed E-state index contributed by atoms with van der Waals surface area (Å²) in [5.41, 5.74) is 0.738. The van der Waals surface area contributed by atoms with Gasteiger partial charge in [-0.25, -0.2) is 0 Å². The number of imide groups is 1. The van der Waals surface area contributed by atoms with Crippen molar-refractivity contribution in [1.29, 1.82) is 0 Å². The second-order valence-corrected chi connectivity index (χ2v) is 7.16. The topological polar surface area (TPSA) is 78.0 Å². The van der Waals surface area contributed by atoms with Crippen LogP contribution in [0.2, 0.25) is 0 Å². The summed E-state index contributed by atoms with van der Waals surface area (Å²) in [6, 6.07) is 6.61. The number of alkyl halides is 2. The second kappa shape index (κ2) is 7.63. The number of carbonyl (C=O) groups excluding carboxylic acids is 4. The molecular weight excluding hydrogens is 381 g/mol. The van der Waals surface area contributed by atoms with E-state index < -0.39 is 4.84 Å². The van der Waals surface area contributed by atoms with Crippen molar-refractivity contribution in [2.45, 2.75) is 11.3 Å². The summed E-state index contributed by atoms with van der Waals surface area (Å²) in [4.78, 5) is 51.8. The highest BCUT2D eigenvalue weighted by Gasteiger charge is 2.35. The molecule has 4 amide bonds. The van der Waals surface area contributed by atoms with Crippen LogP contribution in [-0.2, 0) is 9.59 Å².